The van der Waals surface area contributed by atoms with Crippen LogP contribution in [0.25, 0.3) is 0 Å². The zero-order valence-electron chi connectivity index (χ0n) is 12.7. The molecule has 21 heavy (non-hydrogen) atoms. The predicted octanol–water partition coefficient (Wildman–Crippen LogP) is 3.10. The third-order valence-electron chi connectivity index (χ3n) is 3.51. The molecule has 2 aromatic rings. The first-order chi connectivity index (χ1) is 10.1. The van der Waals surface area contributed by atoms with E-state index in [1.807, 2.05) is 31.2 Å². The number of hydrogen-bond acceptors (Lipinski definition) is 4. The van der Waals surface area contributed by atoms with E-state index in [1.54, 1.807) is 33.5 Å². The molecule has 4 heteroatoms. The summed E-state index contributed by atoms with van der Waals surface area (Å²) in [6, 6.07) is 11.0. The first kappa shape index (κ1) is 15.2. The maximum absolute atomic E-state index is 10.8. The van der Waals surface area contributed by atoms with Crippen LogP contribution < -0.4 is 14.2 Å². The van der Waals surface area contributed by atoms with Crippen molar-refractivity contribution in [3.05, 3.63) is 53.1 Å². The van der Waals surface area contributed by atoms with Gasteiger partial charge in [-0.2, -0.15) is 0 Å². The molecule has 0 aromatic heterocycles. The number of benzene rings is 2. The fourth-order valence-corrected chi connectivity index (χ4v) is 2.39. The summed E-state index contributed by atoms with van der Waals surface area (Å²) in [6.07, 6.45) is -0.831. The Kier molecular flexibility index (Phi) is 4.70. The highest BCUT2D eigenvalue weighted by Gasteiger charge is 2.21. The van der Waals surface area contributed by atoms with E-state index in [0.717, 1.165) is 16.9 Å². The molecule has 0 aliphatic heterocycles. The number of aryl methyl sites for hydroxylation is 1. The molecule has 1 unspecified atom stereocenters. The van der Waals surface area contributed by atoms with Crippen molar-refractivity contribution < 1.29 is 19.3 Å². The van der Waals surface area contributed by atoms with E-state index in [2.05, 4.69) is 0 Å². The largest absolute Gasteiger partial charge is 0.497 e. The lowest BCUT2D eigenvalue weighted by Gasteiger charge is -2.20. The second-order valence-electron chi connectivity index (χ2n) is 4.70. The third kappa shape index (κ3) is 2.95. The molecule has 0 aliphatic rings. The molecule has 1 atom stereocenters. The first-order valence-corrected chi connectivity index (χ1v) is 6.65. The molecular formula is C17H20O4. The SMILES string of the molecule is COc1ccc(C(O)c2c(OC)cccc2OC)c(C)c1. The molecule has 0 radical (unpaired) electrons. The number of aliphatic hydroxyl groups is 1. The molecule has 0 spiro atoms. The lowest BCUT2D eigenvalue weighted by atomic mass is 9.96. The molecule has 0 aliphatic carbocycles. The predicted molar refractivity (Wildman–Crippen MR) is 81.3 cm³/mol. The normalized spacial score (nSPS) is 11.9. The summed E-state index contributed by atoms with van der Waals surface area (Å²) < 4.78 is 15.9. The Balaban J connectivity index is 2.51. The van der Waals surface area contributed by atoms with Crippen LogP contribution >= 0.6 is 0 Å². The average molecular weight is 288 g/mol. The second kappa shape index (κ2) is 6.50. The van der Waals surface area contributed by atoms with E-state index in [4.69, 9.17) is 14.2 Å². The molecule has 4 nitrogen and oxygen atoms in total. The first-order valence-electron chi connectivity index (χ1n) is 6.65. The molecule has 112 valence electrons. The van der Waals surface area contributed by atoms with Crippen molar-refractivity contribution in [2.75, 3.05) is 21.3 Å². The van der Waals surface area contributed by atoms with Crippen molar-refractivity contribution in [1.29, 1.82) is 0 Å². The van der Waals surface area contributed by atoms with E-state index in [-0.39, 0.29) is 0 Å². The van der Waals surface area contributed by atoms with E-state index < -0.39 is 6.10 Å². The number of hydrogen-bond donors (Lipinski definition) is 1. The molecule has 1 N–H and O–H groups in total. The van der Waals surface area contributed by atoms with Crippen LogP contribution in [0.15, 0.2) is 36.4 Å². The minimum absolute atomic E-state index is 0.595. The van der Waals surface area contributed by atoms with Crippen LogP contribution in [0.2, 0.25) is 0 Å². The van der Waals surface area contributed by atoms with Crippen molar-refractivity contribution in [3.8, 4) is 17.2 Å². The highest BCUT2D eigenvalue weighted by atomic mass is 16.5. The number of aliphatic hydroxyl groups excluding tert-OH is 1. The van der Waals surface area contributed by atoms with Crippen molar-refractivity contribution >= 4 is 0 Å². The van der Waals surface area contributed by atoms with Crippen LogP contribution in [0.4, 0.5) is 0 Å². The lowest BCUT2D eigenvalue weighted by Crippen LogP contribution is -2.06. The molecule has 0 saturated heterocycles. The van der Waals surface area contributed by atoms with E-state index >= 15 is 0 Å². The Labute approximate surface area is 124 Å². The van der Waals surface area contributed by atoms with Gasteiger partial charge in [0.05, 0.1) is 26.9 Å². The van der Waals surface area contributed by atoms with Gasteiger partial charge in [0.15, 0.2) is 0 Å². The van der Waals surface area contributed by atoms with E-state index in [1.165, 1.54) is 0 Å². The van der Waals surface area contributed by atoms with Gasteiger partial charge in [0.2, 0.25) is 0 Å². The summed E-state index contributed by atoms with van der Waals surface area (Å²) in [4.78, 5) is 0. The van der Waals surface area contributed by atoms with Gasteiger partial charge < -0.3 is 19.3 Å². The van der Waals surface area contributed by atoms with Crippen LogP contribution in [-0.2, 0) is 0 Å². The van der Waals surface area contributed by atoms with Crippen molar-refractivity contribution in [1.82, 2.24) is 0 Å². The molecule has 0 heterocycles. The maximum atomic E-state index is 10.8. The fourth-order valence-electron chi connectivity index (χ4n) is 2.39. The molecule has 0 amide bonds. The zero-order valence-corrected chi connectivity index (χ0v) is 12.7. The van der Waals surface area contributed by atoms with Gasteiger partial charge in [-0.15, -0.1) is 0 Å². The summed E-state index contributed by atoms with van der Waals surface area (Å²) in [5.41, 5.74) is 2.35. The summed E-state index contributed by atoms with van der Waals surface area (Å²) in [6.45, 7) is 1.93. The zero-order chi connectivity index (χ0) is 15.4. The molecule has 0 bridgehead atoms. The molecule has 0 saturated carbocycles. The Morgan fingerprint density at radius 1 is 0.905 bits per heavy atom. The van der Waals surface area contributed by atoms with Crippen LogP contribution in [0.1, 0.15) is 22.8 Å². The Hall–Kier alpha value is -2.20. The van der Waals surface area contributed by atoms with Crippen molar-refractivity contribution in [2.24, 2.45) is 0 Å². The quantitative estimate of drug-likeness (QED) is 0.918. The summed E-state index contributed by atoms with van der Waals surface area (Å²) in [7, 11) is 4.77. The fraction of sp³-hybridized carbons (Fsp3) is 0.294. The van der Waals surface area contributed by atoms with Gasteiger partial charge in [0.25, 0.3) is 0 Å². The van der Waals surface area contributed by atoms with E-state index in [9.17, 15) is 5.11 Å². The van der Waals surface area contributed by atoms with Gasteiger partial charge in [-0.25, -0.2) is 0 Å². The average Bonchev–Trinajstić information content (AvgIpc) is 2.53. The molecule has 0 fully saturated rings. The van der Waals surface area contributed by atoms with Crippen LogP contribution in [0, 0.1) is 6.92 Å². The number of ether oxygens (including phenoxy) is 3. The van der Waals surface area contributed by atoms with Gasteiger partial charge in [-0.1, -0.05) is 12.1 Å². The number of rotatable bonds is 5. The second-order valence-corrected chi connectivity index (χ2v) is 4.70. The third-order valence-corrected chi connectivity index (χ3v) is 3.51. The number of methoxy groups -OCH3 is 3. The van der Waals surface area contributed by atoms with Gasteiger partial charge in [0.1, 0.15) is 23.4 Å². The summed E-state index contributed by atoms with van der Waals surface area (Å²) in [5, 5.41) is 10.8. The topological polar surface area (TPSA) is 47.9 Å². The summed E-state index contributed by atoms with van der Waals surface area (Å²) >= 11 is 0. The summed E-state index contributed by atoms with van der Waals surface area (Å²) in [5.74, 6) is 1.95. The highest BCUT2D eigenvalue weighted by Crippen LogP contribution is 2.38. The maximum Gasteiger partial charge on any atom is 0.128 e. The Morgan fingerprint density at radius 2 is 1.52 bits per heavy atom. The molecule has 2 rings (SSSR count). The van der Waals surface area contributed by atoms with Crippen molar-refractivity contribution in [2.45, 2.75) is 13.0 Å². The lowest BCUT2D eigenvalue weighted by molar-refractivity contribution is 0.208. The van der Waals surface area contributed by atoms with Crippen LogP contribution in [0.5, 0.6) is 17.2 Å². The Bertz CT molecular complexity index is 600. The highest BCUT2D eigenvalue weighted by molar-refractivity contribution is 5.51. The minimum Gasteiger partial charge on any atom is -0.497 e. The molecule has 2 aromatic carbocycles. The van der Waals surface area contributed by atoms with Gasteiger partial charge in [0, 0.05) is 0 Å². The van der Waals surface area contributed by atoms with Gasteiger partial charge in [-0.05, 0) is 42.3 Å². The minimum atomic E-state index is -0.831. The van der Waals surface area contributed by atoms with Crippen molar-refractivity contribution in [3.63, 3.8) is 0 Å². The van der Waals surface area contributed by atoms with Gasteiger partial charge in [-0.3, -0.25) is 0 Å². The van der Waals surface area contributed by atoms with E-state index in [0.29, 0.717) is 17.1 Å². The van der Waals surface area contributed by atoms with Crippen LogP contribution in [-0.4, -0.2) is 26.4 Å². The molecular weight excluding hydrogens is 268 g/mol. The monoisotopic (exact) mass is 288 g/mol. The smallest absolute Gasteiger partial charge is 0.128 e. The Morgan fingerprint density at radius 3 is 2.00 bits per heavy atom. The van der Waals surface area contributed by atoms with Crippen LogP contribution in [0.3, 0.4) is 0 Å². The van der Waals surface area contributed by atoms with Gasteiger partial charge >= 0.3 is 0 Å². The standard InChI is InChI=1S/C17H20O4/c1-11-10-12(19-2)8-9-13(11)17(18)16-14(20-3)6-5-7-15(16)21-4/h5-10,17-18H,1-4H3.